The molecular weight excluding hydrogens is 290 g/mol. The lowest BCUT2D eigenvalue weighted by Crippen LogP contribution is -2.26. The Kier molecular flexibility index (Phi) is 9.60. The Morgan fingerprint density at radius 1 is 1.09 bits per heavy atom. The van der Waals surface area contributed by atoms with Gasteiger partial charge in [0.15, 0.2) is 5.76 Å². The molecule has 0 atom stereocenters. The summed E-state index contributed by atoms with van der Waals surface area (Å²) in [6.07, 6.45) is 10.2. The molecule has 0 aliphatic rings. The molecule has 0 spiro atoms. The second-order valence-corrected chi connectivity index (χ2v) is 5.68. The lowest BCUT2D eigenvalue weighted by atomic mass is 10.1. The molecule has 0 saturated heterocycles. The summed E-state index contributed by atoms with van der Waals surface area (Å²) in [5.41, 5.74) is 0.811. The number of hydrogen-bond acceptors (Lipinski definition) is 3. The zero-order valence-corrected chi connectivity index (χ0v) is 14.3. The predicted molar refractivity (Wildman–Crippen MR) is 94.1 cm³/mol. The van der Waals surface area contributed by atoms with Crippen molar-refractivity contribution in [2.24, 2.45) is 0 Å². The summed E-state index contributed by atoms with van der Waals surface area (Å²) in [5.74, 6) is 0.273. The topological polar surface area (TPSA) is 58.6 Å². The standard InChI is InChI=1S/C19H29NO3/c1-3-4-5-6-7-8-9-14-20-19(22)18(23-2)15-16-10-12-17(21)13-11-16/h10-13,15,21H,3-9,14H2,1-2H3,(H,20,22). The molecule has 0 bridgehead atoms. The van der Waals surface area contributed by atoms with Crippen molar-refractivity contribution in [2.75, 3.05) is 13.7 Å². The van der Waals surface area contributed by atoms with Crippen molar-refractivity contribution in [1.82, 2.24) is 5.32 Å². The highest BCUT2D eigenvalue weighted by atomic mass is 16.5. The number of aromatic hydroxyl groups is 1. The van der Waals surface area contributed by atoms with E-state index in [1.54, 1.807) is 30.3 Å². The Labute approximate surface area is 139 Å². The Balaban J connectivity index is 2.30. The third kappa shape index (κ3) is 8.29. The molecular formula is C19H29NO3. The second kappa shape index (κ2) is 11.6. The van der Waals surface area contributed by atoms with Gasteiger partial charge in [-0.05, 0) is 30.2 Å². The summed E-state index contributed by atoms with van der Waals surface area (Å²) < 4.78 is 5.16. The number of nitrogens with one attached hydrogen (secondary N) is 1. The smallest absolute Gasteiger partial charge is 0.286 e. The molecule has 0 aliphatic carbocycles. The van der Waals surface area contributed by atoms with Crippen LogP contribution in [0, 0.1) is 0 Å². The largest absolute Gasteiger partial charge is 0.508 e. The molecule has 0 saturated carbocycles. The van der Waals surface area contributed by atoms with Crippen LogP contribution in [0.15, 0.2) is 30.0 Å². The number of carbonyl (C=O) groups excluding carboxylic acids is 1. The zero-order valence-electron chi connectivity index (χ0n) is 14.3. The van der Waals surface area contributed by atoms with Gasteiger partial charge in [0, 0.05) is 6.54 Å². The van der Waals surface area contributed by atoms with Crippen molar-refractivity contribution in [2.45, 2.75) is 51.9 Å². The molecule has 0 heterocycles. The van der Waals surface area contributed by atoms with Gasteiger partial charge in [0.2, 0.25) is 0 Å². The van der Waals surface area contributed by atoms with Gasteiger partial charge >= 0.3 is 0 Å². The minimum Gasteiger partial charge on any atom is -0.508 e. The molecule has 1 rings (SSSR count). The first-order valence-corrected chi connectivity index (χ1v) is 8.50. The summed E-state index contributed by atoms with van der Waals surface area (Å²) in [4.78, 5) is 12.1. The molecule has 0 aliphatic heterocycles. The molecule has 2 N–H and O–H groups in total. The van der Waals surface area contributed by atoms with Gasteiger partial charge in [-0.25, -0.2) is 0 Å². The molecule has 1 aromatic rings. The first kappa shape index (κ1) is 19.1. The fraction of sp³-hybridized carbons (Fsp3) is 0.526. The van der Waals surface area contributed by atoms with E-state index in [1.165, 1.54) is 39.2 Å². The molecule has 0 unspecified atom stereocenters. The average molecular weight is 319 g/mol. The minimum atomic E-state index is -0.202. The van der Waals surface area contributed by atoms with Crippen molar-refractivity contribution in [3.63, 3.8) is 0 Å². The van der Waals surface area contributed by atoms with Crippen molar-refractivity contribution >= 4 is 12.0 Å². The Hall–Kier alpha value is -1.97. The number of benzene rings is 1. The number of phenolic OH excluding ortho intramolecular Hbond substituents is 1. The number of amides is 1. The van der Waals surface area contributed by atoms with E-state index in [0.717, 1.165) is 18.4 Å². The molecule has 1 aromatic carbocycles. The number of methoxy groups -OCH3 is 1. The third-order valence-electron chi connectivity index (χ3n) is 3.70. The molecule has 0 radical (unpaired) electrons. The second-order valence-electron chi connectivity index (χ2n) is 5.68. The maximum atomic E-state index is 12.1. The van der Waals surface area contributed by atoms with Crippen LogP contribution >= 0.6 is 0 Å². The summed E-state index contributed by atoms with van der Waals surface area (Å²) in [5, 5.41) is 12.1. The fourth-order valence-electron chi connectivity index (χ4n) is 2.31. The van der Waals surface area contributed by atoms with Crippen LogP contribution in [0.2, 0.25) is 0 Å². The van der Waals surface area contributed by atoms with Crippen LogP contribution in [0.5, 0.6) is 5.75 Å². The lowest BCUT2D eigenvalue weighted by molar-refractivity contribution is -0.120. The number of carbonyl (C=O) groups is 1. The van der Waals surface area contributed by atoms with Crippen LogP contribution in [-0.2, 0) is 9.53 Å². The Bertz CT molecular complexity index is 480. The quantitative estimate of drug-likeness (QED) is 0.364. The van der Waals surface area contributed by atoms with E-state index in [2.05, 4.69) is 12.2 Å². The van der Waals surface area contributed by atoms with E-state index in [9.17, 15) is 9.90 Å². The Morgan fingerprint density at radius 2 is 1.70 bits per heavy atom. The van der Waals surface area contributed by atoms with Crippen LogP contribution in [-0.4, -0.2) is 24.7 Å². The van der Waals surface area contributed by atoms with Crippen LogP contribution in [0.25, 0.3) is 6.08 Å². The number of hydrogen-bond donors (Lipinski definition) is 2. The van der Waals surface area contributed by atoms with Gasteiger partial charge in [0.25, 0.3) is 5.91 Å². The number of unbranched alkanes of at least 4 members (excludes halogenated alkanes) is 6. The number of phenols is 1. The minimum absolute atomic E-state index is 0.199. The maximum Gasteiger partial charge on any atom is 0.286 e. The van der Waals surface area contributed by atoms with Crippen molar-refractivity contribution < 1.29 is 14.6 Å². The number of rotatable bonds is 11. The monoisotopic (exact) mass is 319 g/mol. The lowest BCUT2D eigenvalue weighted by Gasteiger charge is -2.08. The van der Waals surface area contributed by atoms with E-state index >= 15 is 0 Å². The number of ether oxygens (including phenoxy) is 1. The van der Waals surface area contributed by atoms with E-state index < -0.39 is 0 Å². The average Bonchev–Trinajstić information content (AvgIpc) is 2.56. The Morgan fingerprint density at radius 3 is 2.30 bits per heavy atom. The normalized spacial score (nSPS) is 11.3. The van der Waals surface area contributed by atoms with Crippen LogP contribution in [0.4, 0.5) is 0 Å². The molecule has 128 valence electrons. The van der Waals surface area contributed by atoms with Gasteiger partial charge in [-0.2, -0.15) is 0 Å². The van der Waals surface area contributed by atoms with E-state index in [-0.39, 0.29) is 17.4 Å². The molecule has 0 aromatic heterocycles. The van der Waals surface area contributed by atoms with Crippen LogP contribution < -0.4 is 5.32 Å². The van der Waals surface area contributed by atoms with Crippen molar-refractivity contribution in [3.8, 4) is 5.75 Å². The molecule has 0 fully saturated rings. The van der Waals surface area contributed by atoms with Gasteiger partial charge < -0.3 is 15.2 Å². The highest BCUT2D eigenvalue weighted by Gasteiger charge is 2.09. The zero-order chi connectivity index (χ0) is 16.9. The fourth-order valence-corrected chi connectivity index (χ4v) is 2.31. The third-order valence-corrected chi connectivity index (χ3v) is 3.70. The molecule has 23 heavy (non-hydrogen) atoms. The predicted octanol–water partition coefficient (Wildman–Crippen LogP) is 4.25. The summed E-state index contributed by atoms with van der Waals surface area (Å²) >= 11 is 0. The summed E-state index contributed by atoms with van der Waals surface area (Å²) in [6, 6.07) is 6.63. The highest BCUT2D eigenvalue weighted by Crippen LogP contribution is 2.13. The van der Waals surface area contributed by atoms with Crippen molar-refractivity contribution in [1.29, 1.82) is 0 Å². The van der Waals surface area contributed by atoms with Gasteiger partial charge in [-0.1, -0.05) is 57.6 Å². The SMILES string of the molecule is CCCCCCCCCNC(=O)C(=Cc1ccc(O)cc1)OC. The van der Waals surface area contributed by atoms with E-state index in [4.69, 9.17) is 4.74 Å². The van der Waals surface area contributed by atoms with E-state index in [1.807, 2.05) is 0 Å². The van der Waals surface area contributed by atoms with Gasteiger partial charge in [-0.3, -0.25) is 4.79 Å². The summed E-state index contributed by atoms with van der Waals surface area (Å²) in [6.45, 7) is 2.89. The van der Waals surface area contributed by atoms with Crippen LogP contribution in [0.1, 0.15) is 57.4 Å². The van der Waals surface area contributed by atoms with Gasteiger partial charge in [-0.15, -0.1) is 0 Å². The van der Waals surface area contributed by atoms with Crippen molar-refractivity contribution in [3.05, 3.63) is 35.6 Å². The van der Waals surface area contributed by atoms with E-state index in [0.29, 0.717) is 6.54 Å². The molecule has 4 nitrogen and oxygen atoms in total. The van der Waals surface area contributed by atoms with Crippen LogP contribution in [0.3, 0.4) is 0 Å². The molecule has 4 heteroatoms. The van der Waals surface area contributed by atoms with Gasteiger partial charge in [0.1, 0.15) is 5.75 Å². The molecule has 1 amide bonds. The first-order chi connectivity index (χ1) is 11.2. The maximum absolute atomic E-state index is 12.1. The first-order valence-electron chi connectivity index (χ1n) is 8.50. The summed E-state index contributed by atoms with van der Waals surface area (Å²) in [7, 11) is 1.49. The highest BCUT2D eigenvalue weighted by molar-refractivity contribution is 5.95. The van der Waals surface area contributed by atoms with Gasteiger partial charge in [0.05, 0.1) is 7.11 Å².